The minimum absolute atomic E-state index is 0.0657. The highest BCUT2D eigenvalue weighted by molar-refractivity contribution is 5.76. The summed E-state index contributed by atoms with van der Waals surface area (Å²) in [5.74, 6) is 0.823. The molecular formula is C25H37NO5. The highest BCUT2D eigenvalue weighted by atomic mass is 16.6. The van der Waals surface area contributed by atoms with Crippen LogP contribution in [0.4, 0.5) is 4.79 Å². The van der Waals surface area contributed by atoms with Crippen LogP contribution in [0.2, 0.25) is 0 Å². The Labute approximate surface area is 186 Å². The van der Waals surface area contributed by atoms with Gasteiger partial charge in [-0.3, -0.25) is 4.79 Å². The largest absolute Gasteiger partial charge is 0.497 e. The number of ether oxygens (including phenoxy) is 3. The van der Waals surface area contributed by atoms with Crippen molar-refractivity contribution in [2.75, 3.05) is 13.7 Å². The Balaban J connectivity index is 1.75. The lowest BCUT2D eigenvalue weighted by Crippen LogP contribution is -2.46. The number of rotatable bonds is 7. The molecule has 1 heterocycles. The molecule has 0 radical (unpaired) electrons. The zero-order chi connectivity index (χ0) is 22.4. The number of alkyl carbamates (subject to hydrolysis) is 1. The molecule has 172 valence electrons. The molecule has 3 atom stereocenters. The van der Waals surface area contributed by atoms with Crippen LogP contribution in [0, 0.1) is 17.8 Å². The van der Waals surface area contributed by atoms with E-state index >= 15 is 0 Å². The van der Waals surface area contributed by atoms with Gasteiger partial charge in [-0.05, 0) is 57.2 Å². The molecule has 1 aromatic rings. The molecule has 1 N–H and O–H groups in total. The summed E-state index contributed by atoms with van der Waals surface area (Å²) >= 11 is 0. The Morgan fingerprint density at radius 3 is 2.45 bits per heavy atom. The van der Waals surface area contributed by atoms with E-state index in [-0.39, 0.29) is 23.8 Å². The van der Waals surface area contributed by atoms with Crippen molar-refractivity contribution in [1.82, 2.24) is 5.32 Å². The maximum absolute atomic E-state index is 12.6. The second-order valence-electron chi connectivity index (χ2n) is 9.95. The molecule has 6 nitrogen and oxygen atoms in total. The Kier molecular flexibility index (Phi) is 7.84. The number of benzene rings is 1. The third-order valence-corrected chi connectivity index (χ3v) is 6.38. The highest BCUT2D eigenvalue weighted by Gasteiger charge is 2.43. The predicted molar refractivity (Wildman–Crippen MR) is 119 cm³/mol. The highest BCUT2D eigenvalue weighted by Crippen LogP contribution is 2.35. The van der Waals surface area contributed by atoms with E-state index < -0.39 is 11.7 Å². The van der Waals surface area contributed by atoms with E-state index in [9.17, 15) is 9.59 Å². The van der Waals surface area contributed by atoms with Crippen molar-refractivity contribution in [3.05, 3.63) is 29.8 Å². The van der Waals surface area contributed by atoms with Gasteiger partial charge in [0.2, 0.25) is 0 Å². The number of carbonyl (C=O) groups is 2. The topological polar surface area (TPSA) is 73.9 Å². The first-order valence-corrected chi connectivity index (χ1v) is 11.5. The van der Waals surface area contributed by atoms with Gasteiger partial charge >= 0.3 is 12.1 Å². The summed E-state index contributed by atoms with van der Waals surface area (Å²) in [5, 5.41) is 3.10. The molecular weight excluding hydrogens is 394 g/mol. The number of methoxy groups -OCH3 is 1. The lowest BCUT2D eigenvalue weighted by molar-refractivity contribution is -0.141. The number of hydrogen-bond acceptors (Lipinski definition) is 5. The fourth-order valence-corrected chi connectivity index (χ4v) is 4.80. The van der Waals surface area contributed by atoms with Crippen LogP contribution in [-0.4, -0.2) is 37.4 Å². The Bertz CT molecular complexity index is 733. The molecule has 1 amide bonds. The minimum atomic E-state index is -0.566. The SMILES string of the molecule is COc1ccc(C[C@H]2C(=O)OCC2[C@H](CC2CCCCC2)NC(=O)OC(C)(C)C)cc1. The molecule has 6 heteroatoms. The van der Waals surface area contributed by atoms with E-state index in [1.165, 1.54) is 32.1 Å². The fraction of sp³-hybridized carbons (Fsp3) is 0.680. The molecule has 0 spiro atoms. The van der Waals surface area contributed by atoms with Crippen LogP contribution in [0.25, 0.3) is 0 Å². The molecule has 1 saturated heterocycles. The molecule has 3 rings (SSSR count). The van der Waals surface area contributed by atoms with Gasteiger partial charge in [-0.2, -0.15) is 0 Å². The summed E-state index contributed by atoms with van der Waals surface area (Å²) in [5.41, 5.74) is 0.493. The Morgan fingerprint density at radius 2 is 1.84 bits per heavy atom. The van der Waals surface area contributed by atoms with E-state index in [4.69, 9.17) is 14.2 Å². The van der Waals surface area contributed by atoms with Crippen LogP contribution in [0.3, 0.4) is 0 Å². The molecule has 0 bridgehead atoms. The first-order valence-electron chi connectivity index (χ1n) is 11.5. The third-order valence-electron chi connectivity index (χ3n) is 6.38. The summed E-state index contributed by atoms with van der Waals surface area (Å²) in [7, 11) is 1.64. The monoisotopic (exact) mass is 431 g/mol. The Hall–Kier alpha value is -2.24. The first kappa shape index (κ1) is 23.4. The van der Waals surface area contributed by atoms with Crippen LogP contribution in [0.1, 0.15) is 64.9 Å². The second-order valence-corrected chi connectivity index (χ2v) is 9.95. The maximum atomic E-state index is 12.6. The van der Waals surface area contributed by atoms with Crippen molar-refractivity contribution in [3.8, 4) is 5.75 Å². The normalized spacial score (nSPS) is 23.2. The summed E-state index contributed by atoms with van der Waals surface area (Å²) < 4.78 is 16.3. The van der Waals surface area contributed by atoms with Gasteiger partial charge in [0.05, 0.1) is 19.6 Å². The van der Waals surface area contributed by atoms with Gasteiger partial charge in [-0.15, -0.1) is 0 Å². The van der Waals surface area contributed by atoms with E-state index in [1.54, 1.807) is 7.11 Å². The van der Waals surface area contributed by atoms with Gasteiger partial charge in [-0.25, -0.2) is 4.79 Å². The fourth-order valence-electron chi connectivity index (χ4n) is 4.80. The number of hydrogen-bond donors (Lipinski definition) is 1. The van der Waals surface area contributed by atoms with Crippen molar-refractivity contribution < 1.29 is 23.8 Å². The molecule has 2 aliphatic rings. The van der Waals surface area contributed by atoms with Gasteiger partial charge in [-0.1, -0.05) is 44.2 Å². The molecule has 1 aliphatic heterocycles. The summed E-state index contributed by atoms with van der Waals surface area (Å²) in [6, 6.07) is 7.64. The molecule has 1 saturated carbocycles. The number of carbonyl (C=O) groups excluding carboxylic acids is 2. The van der Waals surface area contributed by atoms with E-state index in [1.807, 2.05) is 45.0 Å². The lowest BCUT2D eigenvalue weighted by atomic mass is 9.77. The molecule has 0 aromatic heterocycles. The molecule has 1 aromatic carbocycles. The van der Waals surface area contributed by atoms with E-state index in [0.29, 0.717) is 18.9 Å². The summed E-state index contributed by atoms with van der Waals surface area (Å²) in [6.45, 7) is 5.92. The van der Waals surface area contributed by atoms with Crippen molar-refractivity contribution >= 4 is 12.1 Å². The first-order chi connectivity index (χ1) is 14.7. The molecule has 31 heavy (non-hydrogen) atoms. The average molecular weight is 432 g/mol. The van der Waals surface area contributed by atoms with Gasteiger partial charge in [0.25, 0.3) is 0 Å². The number of nitrogens with one attached hydrogen (secondary N) is 1. The van der Waals surface area contributed by atoms with Crippen molar-refractivity contribution in [1.29, 1.82) is 0 Å². The number of esters is 1. The van der Waals surface area contributed by atoms with E-state index in [0.717, 1.165) is 17.7 Å². The molecule has 1 unspecified atom stereocenters. The van der Waals surface area contributed by atoms with Crippen LogP contribution in [0.5, 0.6) is 5.75 Å². The van der Waals surface area contributed by atoms with Crippen LogP contribution >= 0.6 is 0 Å². The summed E-state index contributed by atoms with van der Waals surface area (Å²) in [4.78, 5) is 25.2. The van der Waals surface area contributed by atoms with Crippen LogP contribution in [0.15, 0.2) is 24.3 Å². The quantitative estimate of drug-likeness (QED) is 0.622. The van der Waals surface area contributed by atoms with Crippen LogP contribution < -0.4 is 10.1 Å². The van der Waals surface area contributed by atoms with Gasteiger partial charge in [0, 0.05) is 12.0 Å². The van der Waals surface area contributed by atoms with Crippen LogP contribution in [-0.2, 0) is 20.7 Å². The summed E-state index contributed by atoms with van der Waals surface area (Å²) in [6.07, 6.45) is 7.14. The Morgan fingerprint density at radius 1 is 1.16 bits per heavy atom. The smallest absolute Gasteiger partial charge is 0.407 e. The van der Waals surface area contributed by atoms with Crippen molar-refractivity contribution in [2.45, 2.75) is 77.4 Å². The lowest BCUT2D eigenvalue weighted by Gasteiger charge is -2.32. The van der Waals surface area contributed by atoms with Gasteiger partial charge in [0.1, 0.15) is 11.4 Å². The minimum Gasteiger partial charge on any atom is -0.497 e. The standard InChI is InChI=1S/C25H37NO5/c1-25(2,3)31-24(28)26-22(15-17-8-6-5-7-9-17)21-16-30-23(27)20(21)14-18-10-12-19(29-4)13-11-18/h10-13,17,20-22H,5-9,14-16H2,1-4H3,(H,26,28)/t20-,21?,22+/m1/s1. The average Bonchev–Trinajstić information content (AvgIpc) is 3.08. The number of amides is 1. The van der Waals surface area contributed by atoms with Gasteiger partial charge < -0.3 is 19.5 Å². The maximum Gasteiger partial charge on any atom is 0.407 e. The predicted octanol–water partition coefficient (Wildman–Crippen LogP) is 4.89. The van der Waals surface area contributed by atoms with Crippen molar-refractivity contribution in [3.63, 3.8) is 0 Å². The molecule has 1 aliphatic carbocycles. The third kappa shape index (κ3) is 6.88. The molecule has 2 fully saturated rings. The zero-order valence-corrected chi connectivity index (χ0v) is 19.3. The van der Waals surface area contributed by atoms with E-state index in [2.05, 4.69) is 5.32 Å². The number of cyclic esters (lactones) is 1. The zero-order valence-electron chi connectivity index (χ0n) is 19.3. The second kappa shape index (κ2) is 10.4. The van der Waals surface area contributed by atoms with Gasteiger partial charge in [0.15, 0.2) is 0 Å². The van der Waals surface area contributed by atoms with Crippen molar-refractivity contribution in [2.24, 2.45) is 17.8 Å².